The maximum atomic E-state index is 12.7. The molecule has 0 aromatic heterocycles. The molecule has 0 heterocycles. The lowest BCUT2D eigenvalue weighted by molar-refractivity contribution is 0.103. The monoisotopic (exact) mass is 284 g/mol. The Balaban J connectivity index is 2.39. The molecule has 2 rings (SSSR count). The number of hydrogen-bond donors (Lipinski definition) is 0. The van der Waals surface area contributed by atoms with Gasteiger partial charge in [0.15, 0.2) is 0 Å². The SMILES string of the molecule is CCCc1ccc(C(=O)c2c(OC)cccc2OC)cc1. The lowest BCUT2D eigenvalue weighted by Crippen LogP contribution is -2.06. The zero-order chi connectivity index (χ0) is 15.2. The molecule has 2 aromatic rings. The summed E-state index contributed by atoms with van der Waals surface area (Å²) in [6.45, 7) is 2.14. The van der Waals surface area contributed by atoms with Crippen LogP contribution in [0.1, 0.15) is 34.8 Å². The highest BCUT2D eigenvalue weighted by Crippen LogP contribution is 2.30. The van der Waals surface area contributed by atoms with E-state index >= 15 is 0 Å². The molecule has 3 nitrogen and oxygen atoms in total. The second-order valence-corrected chi connectivity index (χ2v) is 4.81. The normalized spacial score (nSPS) is 10.2. The van der Waals surface area contributed by atoms with Crippen molar-refractivity contribution in [2.24, 2.45) is 0 Å². The third kappa shape index (κ3) is 3.24. The van der Waals surface area contributed by atoms with Crippen LogP contribution in [0.2, 0.25) is 0 Å². The summed E-state index contributed by atoms with van der Waals surface area (Å²) in [5, 5.41) is 0. The Hall–Kier alpha value is -2.29. The van der Waals surface area contributed by atoms with E-state index in [-0.39, 0.29) is 5.78 Å². The van der Waals surface area contributed by atoms with Crippen molar-refractivity contribution in [2.75, 3.05) is 14.2 Å². The molecule has 3 heteroatoms. The smallest absolute Gasteiger partial charge is 0.200 e. The third-order valence-corrected chi connectivity index (χ3v) is 3.41. The van der Waals surface area contributed by atoms with Gasteiger partial charge in [-0.05, 0) is 24.1 Å². The summed E-state index contributed by atoms with van der Waals surface area (Å²) in [7, 11) is 3.10. The number of ether oxygens (including phenoxy) is 2. The van der Waals surface area contributed by atoms with Crippen LogP contribution in [-0.2, 0) is 6.42 Å². The fraction of sp³-hybridized carbons (Fsp3) is 0.278. The largest absolute Gasteiger partial charge is 0.496 e. The molecule has 2 aromatic carbocycles. The molecule has 0 aliphatic heterocycles. The number of carbonyl (C=O) groups is 1. The number of methoxy groups -OCH3 is 2. The Morgan fingerprint density at radius 3 is 2.00 bits per heavy atom. The van der Waals surface area contributed by atoms with E-state index < -0.39 is 0 Å². The fourth-order valence-corrected chi connectivity index (χ4v) is 2.33. The lowest BCUT2D eigenvalue weighted by Gasteiger charge is -2.12. The van der Waals surface area contributed by atoms with E-state index in [4.69, 9.17) is 9.47 Å². The van der Waals surface area contributed by atoms with Crippen LogP contribution in [0.5, 0.6) is 11.5 Å². The van der Waals surface area contributed by atoms with E-state index in [1.54, 1.807) is 32.4 Å². The maximum Gasteiger partial charge on any atom is 0.200 e. The molecule has 0 unspecified atom stereocenters. The number of hydrogen-bond acceptors (Lipinski definition) is 3. The van der Waals surface area contributed by atoms with Crippen molar-refractivity contribution in [3.63, 3.8) is 0 Å². The first-order chi connectivity index (χ1) is 10.2. The molecule has 0 radical (unpaired) electrons. The van der Waals surface area contributed by atoms with Gasteiger partial charge in [0.05, 0.1) is 14.2 Å². The van der Waals surface area contributed by atoms with Gasteiger partial charge >= 0.3 is 0 Å². The summed E-state index contributed by atoms with van der Waals surface area (Å²) in [5.41, 5.74) is 2.34. The van der Waals surface area contributed by atoms with E-state index in [2.05, 4.69) is 6.92 Å². The molecule has 0 N–H and O–H groups in total. The first-order valence-electron chi connectivity index (χ1n) is 7.05. The number of aryl methyl sites for hydroxylation is 1. The lowest BCUT2D eigenvalue weighted by atomic mass is 9.99. The van der Waals surface area contributed by atoms with Gasteiger partial charge in [-0.3, -0.25) is 4.79 Å². The van der Waals surface area contributed by atoms with Gasteiger partial charge in [0, 0.05) is 5.56 Å². The van der Waals surface area contributed by atoms with Gasteiger partial charge in [0.1, 0.15) is 17.1 Å². The molecule has 21 heavy (non-hydrogen) atoms. The van der Waals surface area contributed by atoms with Crippen molar-refractivity contribution in [3.8, 4) is 11.5 Å². The van der Waals surface area contributed by atoms with Crippen molar-refractivity contribution in [1.82, 2.24) is 0 Å². The van der Waals surface area contributed by atoms with Crippen LogP contribution < -0.4 is 9.47 Å². The predicted octanol–water partition coefficient (Wildman–Crippen LogP) is 3.89. The zero-order valence-electron chi connectivity index (χ0n) is 12.7. The summed E-state index contributed by atoms with van der Waals surface area (Å²) < 4.78 is 10.6. The third-order valence-electron chi connectivity index (χ3n) is 3.41. The number of rotatable bonds is 6. The molecular formula is C18H20O3. The Bertz CT molecular complexity index is 593. The Morgan fingerprint density at radius 2 is 1.52 bits per heavy atom. The van der Waals surface area contributed by atoms with Crippen LogP contribution in [0.15, 0.2) is 42.5 Å². The summed E-state index contributed by atoms with van der Waals surface area (Å²) in [4.78, 5) is 12.7. The van der Waals surface area contributed by atoms with Gasteiger partial charge in [-0.2, -0.15) is 0 Å². The standard InChI is InChI=1S/C18H20O3/c1-4-6-13-9-11-14(12-10-13)18(19)17-15(20-2)7-5-8-16(17)21-3/h5,7-12H,4,6H2,1-3H3. The number of ketones is 1. The molecule has 0 spiro atoms. The zero-order valence-corrected chi connectivity index (χ0v) is 12.7. The van der Waals surface area contributed by atoms with Gasteiger partial charge in [-0.1, -0.05) is 43.7 Å². The van der Waals surface area contributed by atoms with Crippen LogP contribution in [0.4, 0.5) is 0 Å². The second-order valence-electron chi connectivity index (χ2n) is 4.81. The molecule has 0 saturated heterocycles. The van der Waals surface area contributed by atoms with Crippen molar-refractivity contribution in [3.05, 3.63) is 59.2 Å². The van der Waals surface area contributed by atoms with E-state index in [1.165, 1.54) is 5.56 Å². The first kappa shape index (κ1) is 15.1. The van der Waals surface area contributed by atoms with Gasteiger partial charge in [0.25, 0.3) is 0 Å². The molecule has 0 aliphatic carbocycles. The van der Waals surface area contributed by atoms with Crippen LogP contribution in [-0.4, -0.2) is 20.0 Å². The average Bonchev–Trinajstić information content (AvgIpc) is 2.54. The highest BCUT2D eigenvalue weighted by Gasteiger charge is 2.19. The molecule has 0 fully saturated rings. The minimum absolute atomic E-state index is 0.0904. The van der Waals surface area contributed by atoms with Crippen molar-refractivity contribution in [1.29, 1.82) is 0 Å². The molecule has 110 valence electrons. The second kappa shape index (κ2) is 6.93. The van der Waals surface area contributed by atoms with Gasteiger partial charge in [-0.15, -0.1) is 0 Å². The van der Waals surface area contributed by atoms with Gasteiger partial charge < -0.3 is 9.47 Å². The van der Waals surface area contributed by atoms with Crippen molar-refractivity contribution in [2.45, 2.75) is 19.8 Å². The molecule has 0 saturated carbocycles. The molecule has 0 bridgehead atoms. The number of benzene rings is 2. The van der Waals surface area contributed by atoms with E-state index in [1.807, 2.05) is 24.3 Å². The van der Waals surface area contributed by atoms with Crippen molar-refractivity contribution >= 4 is 5.78 Å². The first-order valence-corrected chi connectivity index (χ1v) is 7.05. The van der Waals surface area contributed by atoms with Crippen LogP contribution >= 0.6 is 0 Å². The molecule has 0 aliphatic rings. The Morgan fingerprint density at radius 1 is 0.952 bits per heavy atom. The minimum atomic E-state index is -0.0904. The summed E-state index contributed by atoms with van der Waals surface area (Å²) >= 11 is 0. The maximum absolute atomic E-state index is 12.7. The summed E-state index contributed by atoms with van der Waals surface area (Å²) in [5.74, 6) is 0.960. The minimum Gasteiger partial charge on any atom is -0.496 e. The quantitative estimate of drug-likeness (QED) is 0.755. The van der Waals surface area contributed by atoms with E-state index in [0.717, 1.165) is 12.8 Å². The Labute approximate surface area is 125 Å². The molecule has 0 amide bonds. The van der Waals surface area contributed by atoms with E-state index in [0.29, 0.717) is 22.6 Å². The molecule has 0 atom stereocenters. The summed E-state index contributed by atoms with van der Waals surface area (Å²) in [6, 6.07) is 13.1. The Kier molecular flexibility index (Phi) is 4.99. The van der Waals surface area contributed by atoms with Crippen molar-refractivity contribution < 1.29 is 14.3 Å². The van der Waals surface area contributed by atoms with Gasteiger partial charge in [0.2, 0.25) is 5.78 Å². The summed E-state index contributed by atoms with van der Waals surface area (Å²) in [6.07, 6.45) is 2.11. The van der Waals surface area contributed by atoms with Crippen LogP contribution in [0, 0.1) is 0 Å². The predicted molar refractivity (Wildman–Crippen MR) is 83.4 cm³/mol. The molecular weight excluding hydrogens is 264 g/mol. The van der Waals surface area contributed by atoms with Gasteiger partial charge in [-0.25, -0.2) is 0 Å². The van der Waals surface area contributed by atoms with Crippen LogP contribution in [0.25, 0.3) is 0 Å². The highest BCUT2D eigenvalue weighted by molar-refractivity contribution is 6.12. The fourth-order valence-electron chi connectivity index (χ4n) is 2.33. The average molecular weight is 284 g/mol. The number of carbonyl (C=O) groups excluding carboxylic acids is 1. The van der Waals surface area contributed by atoms with Crippen LogP contribution in [0.3, 0.4) is 0 Å². The topological polar surface area (TPSA) is 35.5 Å². The van der Waals surface area contributed by atoms with E-state index in [9.17, 15) is 4.79 Å². The highest BCUT2D eigenvalue weighted by atomic mass is 16.5.